The van der Waals surface area contributed by atoms with Gasteiger partial charge in [0.1, 0.15) is 0 Å². The molecule has 1 aliphatic rings. The zero-order chi connectivity index (χ0) is 12.0. The van der Waals surface area contributed by atoms with Crippen LogP contribution in [0.3, 0.4) is 0 Å². The number of rotatable bonds is 7. The van der Waals surface area contributed by atoms with Crippen molar-refractivity contribution in [2.75, 3.05) is 20.3 Å². The minimum absolute atomic E-state index is 0.0437. The fourth-order valence-corrected chi connectivity index (χ4v) is 1.96. The Morgan fingerprint density at radius 3 is 2.75 bits per heavy atom. The first-order valence-electron chi connectivity index (χ1n) is 5.78. The number of hydrogen-bond donors (Lipinski definition) is 3. The van der Waals surface area contributed by atoms with Crippen LogP contribution in [0.2, 0.25) is 0 Å². The monoisotopic (exact) mass is 230 g/mol. The first kappa shape index (κ1) is 13.4. The lowest BCUT2D eigenvalue weighted by molar-refractivity contribution is -0.124. The number of aliphatic hydroxyl groups excluding tert-OH is 1. The van der Waals surface area contributed by atoms with E-state index in [1.807, 2.05) is 0 Å². The van der Waals surface area contributed by atoms with E-state index in [2.05, 4.69) is 5.32 Å². The molecule has 0 aliphatic heterocycles. The van der Waals surface area contributed by atoms with Gasteiger partial charge in [-0.2, -0.15) is 0 Å². The lowest BCUT2D eigenvalue weighted by Gasteiger charge is -2.37. The van der Waals surface area contributed by atoms with Gasteiger partial charge < -0.3 is 20.9 Å². The lowest BCUT2D eigenvalue weighted by atomic mass is 9.75. The Hall–Kier alpha value is -0.650. The van der Waals surface area contributed by atoms with Gasteiger partial charge in [0.15, 0.2) is 0 Å². The molecule has 0 aromatic carbocycles. The van der Waals surface area contributed by atoms with E-state index in [0.29, 0.717) is 19.4 Å². The lowest BCUT2D eigenvalue weighted by Crippen LogP contribution is -2.51. The van der Waals surface area contributed by atoms with E-state index in [1.54, 1.807) is 7.11 Å². The highest BCUT2D eigenvalue weighted by Gasteiger charge is 2.34. The van der Waals surface area contributed by atoms with Crippen LogP contribution in [0.5, 0.6) is 0 Å². The van der Waals surface area contributed by atoms with E-state index >= 15 is 0 Å². The van der Waals surface area contributed by atoms with Crippen molar-refractivity contribution in [1.82, 2.24) is 5.32 Å². The molecule has 0 spiro atoms. The summed E-state index contributed by atoms with van der Waals surface area (Å²) >= 11 is 0. The van der Waals surface area contributed by atoms with Crippen LogP contribution in [0.1, 0.15) is 32.1 Å². The van der Waals surface area contributed by atoms with Crippen LogP contribution in [0.25, 0.3) is 0 Å². The number of carbonyl (C=O) groups is 1. The van der Waals surface area contributed by atoms with Gasteiger partial charge in [-0.05, 0) is 25.7 Å². The molecule has 94 valence electrons. The number of amides is 1. The Balaban J connectivity index is 2.29. The van der Waals surface area contributed by atoms with Crippen LogP contribution in [-0.2, 0) is 9.53 Å². The normalized spacial score (nSPS) is 19.9. The quantitative estimate of drug-likeness (QED) is 0.564. The number of hydrogen-bond acceptors (Lipinski definition) is 4. The highest BCUT2D eigenvalue weighted by molar-refractivity contribution is 5.77. The van der Waals surface area contributed by atoms with E-state index in [0.717, 1.165) is 19.3 Å². The molecule has 4 N–H and O–H groups in total. The summed E-state index contributed by atoms with van der Waals surface area (Å²) in [5.74, 6) is -0.0438. The van der Waals surface area contributed by atoms with E-state index in [1.165, 1.54) is 0 Å². The zero-order valence-corrected chi connectivity index (χ0v) is 9.87. The Labute approximate surface area is 96.3 Å². The average molecular weight is 230 g/mol. The topological polar surface area (TPSA) is 84.6 Å². The average Bonchev–Trinajstić information content (AvgIpc) is 2.16. The Kier molecular flexibility index (Phi) is 5.18. The molecule has 0 bridgehead atoms. The van der Waals surface area contributed by atoms with E-state index < -0.39 is 0 Å². The van der Waals surface area contributed by atoms with Gasteiger partial charge in [0.25, 0.3) is 0 Å². The summed E-state index contributed by atoms with van der Waals surface area (Å²) in [4.78, 5) is 11.7. The van der Waals surface area contributed by atoms with Crippen molar-refractivity contribution in [3.05, 3.63) is 0 Å². The number of nitrogens with one attached hydrogen (secondary N) is 1. The number of carbonyl (C=O) groups excluding carboxylic acids is 1. The van der Waals surface area contributed by atoms with Crippen LogP contribution < -0.4 is 11.1 Å². The summed E-state index contributed by atoms with van der Waals surface area (Å²) in [6.07, 6.45) is 3.85. The Morgan fingerprint density at radius 1 is 1.62 bits per heavy atom. The summed E-state index contributed by atoms with van der Waals surface area (Å²) in [7, 11) is 1.58. The molecule has 0 aromatic heterocycles. The summed E-state index contributed by atoms with van der Waals surface area (Å²) in [5, 5.41) is 11.7. The van der Waals surface area contributed by atoms with Crippen LogP contribution >= 0.6 is 0 Å². The third-order valence-electron chi connectivity index (χ3n) is 3.07. The molecule has 16 heavy (non-hydrogen) atoms. The highest BCUT2D eigenvalue weighted by Crippen LogP contribution is 2.31. The second-order valence-corrected chi connectivity index (χ2v) is 4.62. The van der Waals surface area contributed by atoms with Crippen molar-refractivity contribution in [1.29, 1.82) is 0 Å². The smallest absolute Gasteiger partial charge is 0.222 e. The molecule has 1 saturated carbocycles. The van der Waals surface area contributed by atoms with Crippen LogP contribution in [-0.4, -0.2) is 42.9 Å². The standard InChI is InChI=1S/C11H22N2O3/c1-16-8-9(3-6-14)13-10(15)7-11(12)4-2-5-11/h9,14H,2-8,12H2,1H3,(H,13,15). The maximum Gasteiger partial charge on any atom is 0.222 e. The van der Waals surface area contributed by atoms with E-state index in [4.69, 9.17) is 15.6 Å². The molecule has 0 aromatic rings. The molecule has 1 aliphatic carbocycles. The second kappa shape index (κ2) is 6.18. The third kappa shape index (κ3) is 4.08. The fourth-order valence-electron chi connectivity index (χ4n) is 1.96. The molecule has 5 heteroatoms. The zero-order valence-electron chi connectivity index (χ0n) is 9.87. The SMILES string of the molecule is COCC(CCO)NC(=O)CC1(N)CCC1. The first-order chi connectivity index (χ1) is 7.59. The van der Waals surface area contributed by atoms with Gasteiger partial charge in [-0.25, -0.2) is 0 Å². The highest BCUT2D eigenvalue weighted by atomic mass is 16.5. The van der Waals surface area contributed by atoms with Crippen molar-refractivity contribution in [2.45, 2.75) is 43.7 Å². The number of nitrogens with two attached hydrogens (primary N) is 1. The van der Waals surface area contributed by atoms with Crippen molar-refractivity contribution >= 4 is 5.91 Å². The molecule has 1 unspecified atom stereocenters. The maximum atomic E-state index is 11.7. The minimum Gasteiger partial charge on any atom is -0.396 e. The van der Waals surface area contributed by atoms with Gasteiger partial charge in [-0.1, -0.05) is 0 Å². The van der Waals surface area contributed by atoms with E-state index in [-0.39, 0.29) is 24.1 Å². The summed E-state index contributed by atoms with van der Waals surface area (Å²) in [6.45, 7) is 0.464. The minimum atomic E-state index is -0.291. The second-order valence-electron chi connectivity index (χ2n) is 4.62. The van der Waals surface area contributed by atoms with Gasteiger partial charge in [-0.15, -0.1) is 0 Å². The van der Waals surface area contributed by atoms with Gasteiger partial charge in [0.2, 0.25) is 5.91 Å². The largest absolute Gasteiger partial charge is 0.396 e. The molecule has 5 nitrogen and oxygen atoms in total. The molecule has 1 fully saturated rings. The van der Waals surface area contributed by atoms with Crippen molar-refractivity contribution in [3.63, 3.8) is 0 Å². The van der Waals surface area contributed by atoms with Crippen molar-refractivity contribution < 1.29 is 14.6 Å². The molecular formula is C11H22N2O3. The maximum absolute atomic E-state index is 11.7. The molecule has 0 radical (unpaired) electrons. The van der Waals surface area contributed by atoms with Crippen LogP contribution in [0.15, 0.2) is 0 Å². The molecule has 1 amide bonds. The van der Waals surface area contributed by atoms with Gasteiger partial charge in [-0.3, -0.25) is 4.79 Å². The predicted molar refractivity (Wildman–Crippen MR) is 60.9 cm³/mol. The number of methoxy groups -OCH3 is 1. The molecule has 1 rings (SSSR count). The molecular weight excluding hydrogens is 208 g/mol. The molecule has 1 atom stereocenters. The summed E-state index contributed by atoms with van der Waals surface area (Å²) in [6, 6.07) is -0.119. The predicted octanol–water partition coefficient (Wildman–Crippen LogP) is -0.228. The van der Waals surface area contributed by atoms with Crippen LogP contribution in [0, 0.1) is 0 Å². The Bertz CT molecular complexity index is 223. The number of aliphatic hydroxyl groups is 1. The van der Waals surface area contributed by atoms with Crippen LogP contribution in [0.4, 0.5) is 0 Å². The molecule has 0 heterocycles. The third-order valence-corrected chi connectivity index (χ3v) is 3.07. The van der Waals surface area contributed by atoms with E-state index in [9.17, 15) is 4.79 Å². The van der Waals surface area contributed by atoms with Gasteiger partial charge >= 0.3 is 0 Å². The first-order valence-corrected chi connectivity index (χ1v) is 5.78. The van der Waals surface area contributed by atoms with Crippen molar-refractivity contribution in [2.24, 2.45) is 5.73 Å². The molecule has 0 saturated heterocycles. The summed E-state index contributed by atoms with van der Waals surface area (Å²) < 4.78 is 4.97. The summed E-state index contributed by atoms with van der Waals surface area (Å²) in [5.41, 5.74) is 5.70. The fraction of sp³-hybridized carbons (Fsp3) is 0.909. The number of ether oxygens (including phenoxy) is 1. The van der Waals surface area contributed by atoms with Gasteiger partial charge in [0.05, 0.1) is 12.6 Å². The van der Waals surface area contributed by atoms with Gasteiger partial charge in [0, 0.05) is 25.7 Å². The Morgan fingerprint density at radius 2 is 2.31 bits per heavy atom. The van der Waals surface area contributed by atoms with Crippen molar-refractivity contribution in [3.8, 4) is 0 Å².